The fourth-order valence-electron chi connectivity index (χ4n) is 3.45. The maximum absolute atomic E-state index is 13.3. The Morgan fingerprint density at radius 2 is 2.04 bits per heavy atom. The molecule has 2 aromatic rings. The van der Waals surface area contributed by atoms with Gasteiger partial charge in [-0.3, -0.25) is 9.78 Å². The standard InChI is InChI=1S/C17H20FN5O2.2ClH/c18-12-9-14(20-10-12)17(24)23-7-4-11(5-8-23)16-21-15(22-25-16)13-3-1-2-6-19-13;;/h1-3,6,11-12,14,20H,4-5,7-10H2;2*1H/t12-,14+;;/m0../s1. The number of aromatic nitrogens is 3. The number of hydrogen-bond donors (Lipinski definition) is 1. The lowest BCUT2D eigenvalue weighted by Crippen LogP contribution is -2.46. The third-order valence-electron chi connectivity index (χ3n) is 4.87. The number of nitrogens with one attached hydrogen (secondary N) is 1. The fourth-order valence-corrected chi connectivity index (χ4v) is 3.45. The van der Waals surface area contributed by atoms with E-state index in [9.17, 15) is 9.18 Å². The first-order valence-electron chi connectivity index (χ1n) is 8.62. The van der Waals surface area contributed by atoms with E-state index in [1.54, 1.807) is 6.20 Å². The molecule has 0 aliphatic carbocycles. The van der Waals surface area contributed by atoms with E-state index in [0.29, 0.717) is 30.5 Å². The highest BCUT2D eigenvalue weighted by Crippen LogP contribution is 2.29. The number of hydrogen-bond acceptors (Lipinski definition) is 6. The minimum absolute atomic E-state index is 0. The highest BCUT2D eigenvalue weighted by Gasteiger charge is 2.35. The number of piperidine rings is 1. The second kappa shape index (κ2) is 9.43. The Morgan fingerprint density at radius 3 is 2.67 bits per heavy atom. The van der Waals surface area contributed by atoms with Gasteiger partial charge in [-0.15, -0.1) is 24.8 Å². The summed E-state index contributed by atoms with van der Waals surface area (Å²) in [6, 6.07) is 5.16. The van der Waals surface area contributed by atoms with E-state index in [2.05, 4.69) is 20.4 Å². The van der Waals surface area contributed by atoms with Gasteiger partial charge in [0.1, 0.15) is 11.9 Å². The zero-order valence-electron chi connectivity index (χ0n) is 14.6. The first-order valence-corrected chi connectivity index (χ1v) is 8.62. The molecule has 1 amide bonds. The molecule has 2 fully saturated rings. The van der Waals surface area contributed by atoms with E-state index < -0.39 is 6.17 Å². The Labute approximate surface area is 168 Å². The lowest BCUT2D eigenvalue weighted by Gasteiger charge is -2.32. The smallest absolute Gasteiger partial charge is 0.239 e. The molecule has 4 rings (SSSR count). The van der Waals surface area contributed by atoms with Crippen molar-refractivity contribution >= 4 is 30.7 Å². The van der Waals surface area contributed by atoms with Crippen molar-refractivity contribution in [1.82, 2.24) is 25.3 Å². The van der Waals surface area contributed by atoms with Gasteiger partial charge in [0.25, 0.3) is 0 Å². The van der Waals surface area contributed by atoms with E-state index in [1.165, 1.54) is 0 Å². The van der Waals surface area contributed by atoms with E-state index >= 15 is 0 Å². The van der Waals surface area contributed by atoms with Crippen LogP contribution in [-0.2, 0) is 4.79 Å². The van der Waals surface area contributed by atoms with Gasteiger partial charge >= 0.3 is 0 Å². The summed E-state index contributed by atoms with van der Waals surface area (Å²) in [7, 11) is 0. The molecule has 1 N–H and O–H groups in total. The second-order valence-corrected chi connectivity index (χ2v) is 6.56. The monoisotopic (exact) mass is 417 g/mol. The molecule has 0 saturated carbocycles. The lowest BCUT2D eigenvalue weighted by atomic mass is 9.96. The van der Waals surface area contributed by atoms with Gasteiger partial charge < -0.3 is 14.7 Å². The van der Waals surface area contributed by atoms with Gasteiger partial charge in [-0.25, -0.2) is 4.39 Å². The van der Waals surface area contributed by atoms with Crippen molar-refractivity contribution in [1.29, 1.82) is 0 Å². The number of halogens is 3. The van der Waals surface area contributed by atoms with Crippen LogP contribution in [0.25, 0.3) is 11.5 Å². The SMILES string of the molecule is Cl.Cl.O=C([C@H]1C[C@H](F)CN1)N1CCC(c2nc(-c3ccccn3)no2)CC1. The molecular weight excluding hydrogens is 396 g/mol. The van der Waals surface area contributed by atoms with Gasteiger partial charge in [0.05, 0.1) is 6.04 Å². The molecule has 2 saturated heterocycles. The van der Waals surface area contributed by atoms with E-state index in [1.807, 2.05) is 23.1 Å². The van der Waals surface area contributed by atoms with Gasteiger partial charge in [0.15, 0.2) is 0 Å². The molecule has 0 aromatic carbocycles. The van der Waals surface area contributed by atoms with Gasteiger partial charge in [0.2, 0.25) is 17.6 Å². The summed E-state index contributed by atoms with van der Waals surface area (Å²) >= 11 is 0. The number of nitrogens with zero attached hydrogens (tertiary/aromatic N) is 4. The van der Waals surface area contributed by atoms with Crippen molar-refractivity contribution in [3.05, 3.63) is 30.3 Å². The van der Waals surface area contributed by atoms with Crippen LogP contribution in [0, 0.1) is 0 Å². The minimum Gasteiger partial charge on any atom is -0.341 e. The molecular formula is C17H22Cl2FN5O2. The maximum atomic E-state index is 13.3. The minimum atomic E-state index is -0.921. The molecule has 2 aromatic heterocycles. The van der Waals surface area contributed by atoms with Crippen LogP contribution in [0.4, 0.5) is 4.39 Å². The Bertz CT molecular complexity index is 740. The number of alkyl halides is 1. The molecule has 0 bridgehead atoms. The number of likely N-dealkylation sites (tertiary alicyclic amines) is 1. The first kappa shape index (κ1) is 21.5. The molecule has 0 spiro atoms. The third kappa shape index (κ3) is 4.75. The van der Waals surface area contributed by atoms with Crippen LogP contribution >= 0.6 is 24.8 Å². The molecule has 10 heteroatoms. The summed E-state index contributed by atoms with van der Waals surface area (Å²) in [4.78, 5) is 22.9. The van der Waals surface area contributed by atoms with Crippen LogP contribution in [0.3, 0.4) is 0 Å². The highest BCUT2D eigenvalue weighted by atomic mass is 35.5. The van der Waals surface area contributed by atoms with Crippen LogP contribution in [0.1, 0.15) is 31.1 Å². The second-order valence-electron chi connectivity index (χ2n) is 6.56. The zero-order valence-corrected chi connectivity index (χ0v) is 16.2. The predicted octanol–water partition coefficient (Wildman–Crippen LogP) is 2.38. The van der Waals surface area contributed by atoms with Crippen molar-refractivity contribution in [2.45, 2.75) is 37.4 Å². The number of amides is 1. The molecule has 27 heavy (non-hydrogen) atoms. The van der Waals surface area contributed by atoms with Crippen LogP contribution < -0.4 is 5.32 Å². The van der Waals surface area contributed by atoms with Gasteiger partial charge in [-0.2, -0.15) is 4.98 Å². The molecule has 2 atom stereocenters. The summed E-state index contributed by atoms with van der Waals surface area (Å²) < 4.78 is 18.7. The van der Waals surface area contributed by atoms with Crippen molar-refractivity contribution < 1.29 is 13.7 Å². The largest absolute Gasteiger partial charge is 0.341 e. The van der Waals surface area contributed by atoms with Crippen molar-refractivity contribution in [2.24, 2.45) is 0 Å². The third-order valence-corrected chi connectivity index (χ3v) is 4.87. The molecule has 0 radical (unpaired) electrons. The Kier molecular flexibility index (Phi) is 7.52. The predicted molar refractivity (Wildman–Crippen MR) is 102 cm³/mol. The lowest BCUT2D eigenvalue weighted by molar-refractivity contribution is -0.134. The van der Waals surface area contributed by atoms with Gasteiger partial charge in [-0.1, -0.05) is 11.2 Å². The Hall–Kier alpha value is -1.77. The molecule has 2 aliphatic rings. The number of pyridine rings is 1. The van der Waals surface area contributed by atoms with E-state index in [0.717, 1.165) is 12.8 Å². The van der Waals surface area contributed by atoms with Crippen molar-refractivity contribution in [3.8, 4) is 11.5 Å². The number of carbonyl (C=O) groups is 1. The number of carbonyl (C=O) groups excluding carboxylic acids is 1. The van der Waals surface area contributed by atoms with Gasteiger partial charge in [-0.05, 0) is 25.0 Å². The van der Waals surface area contributed by atoms with Crippen molar-refractivity contribution in [2.75, 3.05) is 19.6 Å². The summed E-state index contributed by atoms with van der Waals surface area (Å²) in [6.07, 6.45) is 2.57. The Balaban J connectivity index is 0.00000131. The summed E-state index contributed by atoms with van der Waals surface area (Å²) in [5.74, 6) is 1.21. The molecule has 2 aliphatic heterocycles. The molecule has 4 heterocycles. The van der Waals surface area contributed by atoms with E-state index in [-0.39, 0.29) is 55.6 Å². The summed E-state index contributed by atoms with van der Waals surface area (Å²) in [5.41, 5.74) is 0.679. The number of rotatable bonds is 3. The quantitative estimate of drug-likeness (QED) is 0.824. The molecule has 0 unspecified atom stereocenters. The van der Waals surface area contributed by atoms with Crippen LogP contribution in [0.5, 0.6) is 0 Å². The van der Waals surface area contributed by atoms with Crippen molar-refractivity contribution in [3.63, 3.8) is 0 Å². The first-order chi connectivity index (χ1) is 12.2. The summed E-state index contributed by atoms with van der Waals surface area (Å²) in [6.45, 7) is 1.52. The van der Waals surface area contributed by atoms with Gasteiger partial charge in [0, 0.05) is 38.2 Å². The average Bonchev–Trinajstić information content (AvgIpc) is 3.31. The van der Waals surface area contributed by atoms with Crippen LogP contribution in [0.2, 0.25) is 0 Å². The zero-order chi connectivity index (χ0) is 17.2. The summed E-state index contributed by atoms with van der Waals surface area (Å²) in [5, 5.41) is 6.96. The molecule has 7 nitrogen and oxygen atoms in total. The topological polar surface area (TPSA) is 84.2 Å². The maximum Gasteiger partial charge on any atom is 0.239 e. The highest BCUT2D eigenvalue weighted by molar-refractivity contribution is 5.85. The Morgan fingerprint density at radius 1 is 1.26 bits per heavy atom. The van der Waals surface area contributed by atoms with E-state index in [4.69, 9.17) is 4.52 Å². The van der Waals surface area contributed by atoms with Crippen LogP contribution in [0.15, 0.2) is 28.9 Å². The fraction of sp³-hybridized carbons (Fsp3) is 0.529. The normalized spacial score (nSPS) is 22.8. The molecule has 148 valence electrons. The van der Waals surface area contributed by atoms with Crippen LogP contribution in [-0.4, -0.2) is 57.8 Å². The average molecular weight is 418 g/mol.